The maximum absolute atomic E-state index is 12.5. The molecule has 2 aromatic rings. The molecule has 0 atom stereocenters. The van der Waals surface area contributed by atoms with Gasteiger partial charge in [0.25, 0.3) is 0 Å². The molecule has 0 saturated heterocycles. The van der Waals surface area contributed by atoms with Crippen LogP contribution < -0.4 is 4.72 Å². The highest BCUT2D eigenvalue weighted by Crippen LogP contribution is 2.29. The highest BCUT2D eigenvalue weighted by atomic mass is 32.2. The maximum atomic E-state index is 12.5. The van der Waals surface area contributed by atoms with E-state index >= 15 is 0 Å². The number of unbranched alkanes of at least 4 members (excludes halogenated alkanes) is 1. The zero-order valence-electron chi connectivity index (χ0n) is 14.3. The van der Waals surface area contributed by atoms with Gasteiger partial charge in [-0.25, -0.2) is 13.1 Å². The van der Waals surface area contributed by atoms with Gasteiger partial charge in [-0.05, 0) is 49.6 Å². The molecule has 0 bridgehead atoms. The van der Waals surface area contributed by atoms with Crippen LogP contribution in [0.15, 0.2) is 59.5 Å². The van der Waals surface area contributed by atoms with Crippen LogP contribution in [0.3, 0.4) is 0 Å². The van der Waals surface area contributed by atoms with Crippen LogP contribution in [0.5, 0.6) is 0 Å². The number of benzene rings is 2. The smallest absolute Gasteiger partial charge is 0.211 e. The minimum atomic E-state index is -4.34. The summed E-state index contributed by atoms with van der Waals surface area (Å²) in [4.78, 5) is 0.225. The molecule has 0 aliphatic rings. The van der Waals surface area contributed by atoms with Gasteiger partial charge in [0.2, 0.25) is 10.0 Å². The number of sulfonamides is 1. The molecule has 0 aliphatic heterocycles. The van der Waals surface area contributed by atoms with Gasteiger partial charge in [-0.2, -0.15) is 13.2 Å². The van der Waals surface area contributed by atoms with E-state index in [-0.39, 0.29) is 11.4 Å². The van der Waals surface area contributed by atoms with Crippen molar-refractivity contribution in [2.75, 3.05) is 6.54 Å². The number of allylic oxidation sites excluding steroid dienone is 1. The van der Waals surface area contributed by atoms with Gasteiger partial charge >= 0.3 is 6.18 Å². The molecule has 0 amide bonds. The predicted octanol–water partition coefficient (Wildman–Crippen LogP) is 4.79. The first-order chi connectivity index (χ1) is 12.2. The Morgan fingerprint density at radius 1 is 1.00 bits per heavy atom. The molecule has 0 radical (unpaired) electrons. The van der Waals surface area contributed by atoms with Gasteiger partial charge < -0.3 is 0 Å². The lowest BCUT2D eigenvalue weighted by Crippen LogP contribution is -2.24. The summed E-state index contributed by atoms with van der Waals surface area (Å²) in [7, 11) is -3.52. The first kappa shape index (κ1) is 20.2. The minimum Gasteiger partial charge on any atom is -0.211 e. The van der Waals surface area contributed by atoms with Crippen molar-refractivity contribution in [1.29, 1.82) is 0 Å². The Balaban J connectivity index is 1.78. The topological polar surface area (TPSA) is 46.2 Å². The van der Waals surface area contributed by atoms with Crippen molar-refractivity contribution in [3.8, 4) is 0 Å². The Hall–Kier alpha value is -2.12. The average molecular weight is 383 g/mol. The molecule has 0 aliphatic carbocycles. The van der Waals surface area contributed by atoms with E-state index in [9.17, 15) is 21.6 Å². The fourth-order valence-corrected chi connectivity index (χ4v) is 3.30. The first-order valence-corrected chi connectivity index (χ1v) is 9.57. The number of rotatable bonds is 7. The minimum absolute atomic E-state index is 0.225. The van der Waals surface area contributed by atoms with E-state index in [2.05, 4.69) is 4.72 Å². The van der Waals surface area contributed by atoms with Gasteiger partial charge in [-0.1, -0.05) is 42.0 Å². The third-order valence-electron chi connectivity index (χ3n) is 3.72. The lowest BCUT2D eigenvalue weighted by atomic mass is 10.1. The van der Waals surface area contributed by atoms with Gasteiger partial charge in [0, 0.05) is 6.54 Å². The molecular formula is C19H20F3NO2S. The van der Waals surface area contributed by atoms with Crippen LogP contribution in [0.4, 0.5) is 13.2 Å². The van der Waals surface area contributed by atoms with E-state index in [1.807, 2.05) is 13.0 Å². The molecule has 0 spiro atoms. The van der Waals surface area contributed by atoms with Crippen LogP contribution >= 0.6 is 0 Å². The number of alkyl halides is 3. The molecule has 26 heavy (non-hydrogen) atoms. The lowest BCUT2D eigenvalue weighted by molar-refractivity contribution is -0.137. The molecule has 140 valence electrons. The van der Waals surface area contributed by atoms with Crippen molar-refractivity contribution in [3.05, 3.63) is 71.3 Å². The van der Waals surface area contributed by atoms with Crippen molar-refractivity contribution >= 4 is 16.1 Å². The Kier molecular flexibility index (Phi) is 6.61. The van der Waals surface area contributed by atoms with Crippen LogP contribution in [0.2, 0.25) is 0 Å². The number of aryl methyl sites for hydroxylation is 1. The number of hydrogen-bond acceptors (Lipinski definition) is 2. The molecule has 1 N–H and O–H groups in total. The van der Waals surface area contributed by atoms with Gasteiger partial charge in [0.05, 0.1) is 10.5 Å². The molecule has 2 aromatic carbocycles. The molecule has 0 unspecified atom stereocenters. The number of halogens is 3. The zero-order valence-corrected chi connectivity index (χ0v) is 15.1. The summed E-state index contributed by atoms with van der Waals surface area (Å²) in [6, 6.07) is 11.5. The van der Waals surface area contributed by atoms with E-state index in [0.29, 0.717) is 18.4 Å². The van der Waals surface area contributed by atoms with E-state index in [1.54, 1.807) is 30.3 Å². The predicted molar refractivity (Wildman–Crippen MR) is 96.1 cm³/mol. The van der Waals surface area contributed by atoms with Crippen molar-refractivity contribution in [1.82, 2.24) is 4.72 Å². The largest absolute Gasteiger partial charge is 0.416 e. The standard InChI is InChI=1S/C19H20F3NO2S/c1-15-6-12-18(13-7-15)26(24,25)23-14-4-2-3-5-16-8-10-17(11-9-16)19(20,21)22/h3,5-13,23H,2,4,14H2,1H3/b5-3+. The fourth-order valence-electron chi connectivity index (χ4n) is 2.23. The van der Waals surface area contributed by atoms with Crippen LogP contribution in [-0.4, -0.2) is 15.0 Å². The Morgan fingerprint density at radius 2 is 1.62 bits per heavy atom. The fraction of sp³-hybridized carbons (Fsp3) is 0.263. The van der Waals surface area contributed by atoms with Crippen LogP contribution in [0, 0.1) is 6.92 Å². The Labute approximate surface area is 151 Å². The normalized spacial score (nSPS) is 12.6. The first-order valence-electron chi connectivity index (χ1n) is 8.09. The second-order valence-electron chi connectivity index (χ2n) is 5.88. The Bertz CT molecular complexity index is 840. The lowest BCUT2D eigenvalue weighted by Gasteiger charge is -2.06. The SMILES string of the molecule is Cc1ccc(S(=O)(=O)NCCC/C=C/c2ccc(C(F)(F)F)cc2)cc1. The quantitative estimate of drug-likeness (QED) is 0.699. The van der Waals surface area contributed by atoms with E-state index < -0.39 is 21.8 Å². The molecule has 7 heteroatoms. The van der Waals surface area contributed by atoms with Gasteiger partial charge in [-0.15, -0.1) is 0 Å². The van der Waals surface area contributed by atoms with Gasteiger partial charge in [0.15, 0.2) is 0 Å². The van der Waals surface area contributed by atoms with Crippen LogP contribution in [-0.2, 0) is 16.2 Å². The third-order valence-corrected chi connectivity index (χ3v) is 5.20. The van der Waals surface area contributed by atoms with E-state index in [1.165, 1.54) is 12.1 Å². The van der Waals surface area contributed by atoms with Crippen LogP contribution in [0.25, 0.3) is 6.08 Å². The van der Waals surface area contributed by atoms with Crippen molar-refractivity contribution in [2.24, 2.45) is 0 Å². The molecule has 3 nitrogen and oxygen atoms in total. The van der Waals surface area contributed by atoms with Crippen molar-refractivity contribution in [3.63, 3.8) is 0 Å². The molecule has 0 heterocycles. The molecule has 2 rings (SSSR count). The van der Waals surface area contributed by atoms with E-state index in [0.717, 1.165) is 17.7 Å². The second-order valence-corrected chi connectivity index (χ2v) is 7.64. The summed E-state index contributed by atoms with van der Waals surface area (Å²) in [5, 5.41) is 0. The molecule has 0 saturated carbocycles. The van der Waals surface area contributed by atoms with Gasteiger partial charge in [0.1, 0.15) is 0 Å². The maximum Gasteiger partial charge on any atom is 0.416 e. The van der Waals surface area contributed by atoms with Crippen molar-refractivity contribution < 1.29 is 21.6 Å². The van der Waals surface area contributed by atoms with Crippen molar-refractivity contribution in [2.45, 2.75) is 30.8 Å². The van der Waals surface area contributed by atoms with Gasteiger partial charge in [-0.3, -0.25) is 0 Å². The summed E-state index contributed by atoms with van der Waals surface area (Å²) in [6.45, 7) is 2.17. The Morgan fingerprint density at radius 3 is 2.19 bits per heavy atom. The summed E-state index contributed by atoms with van der Waals surface area (Å²) in [6.07, 6.45) is 0.383. The second kappa shape index (κ2) is 8.51. The summed E-state index contributed by atoms with van der Waals surface area (Å²) >= 11 is 0. The molecule has 0 aromatic heterocycles. The molecular weight excluding hydrogens is 363 g/mol. The number of hydrogen-bond donors (Lipinski definition) is 1. The average Bonchev–Trinajstić information content (AvgIpc) is 2.58. The van der Waals surface area contributed by atoms with Crippen LogP contribution in [0.1, 0.15) is 29.5 Å². The summed E-state index contributed by atoms with van der Waals surface area (Å²) in [5.41, 5.74) is 0.968. The highest BCUT2D eigenvalue weighted by Gasteiger charge is 2.29. The summed E-state index contributed by atoms with van der Waals surface area (Å²) in [5.74, 6) is 0. The highest BCUT2D eigenvalue weighted by molar-refractivity contribution is 7.89. The zero-order chi connectivity index (χ0) is 19.2. The molecule has 0 fully saturated rings. The summed E-state index contributed by atoms with van der Waals surface area (Å²) < 4.78 is 64.1. The third kappa shape index (κ3) is 6.00. The van der Waals surface area contributed by atoms with E-state index in [4.69, 9.17) is 0 Å². The number of nitrogens with one attached hydrogen (secondary N) is 1. The monoisotopic (exact) mass is 383 g/mol.